The molecule has 0 bridgehead atoms. The van der Waals surface area contributed by atoms with Crippen molar-refractivity contribution in [3.8, 4) is 5.75 Å². The van der Waals surface area contributed by atoms with Crippen molar-refractivity contribution in [2.75, 3.05) is 12.9 Å². The lowest BCUT2D eigenvalue weighted by Crippen LogP contribution is -2.58. The van der Waals surface area contributed by atoms with E-state index in [0.29, 0.717) is 16.1 Å². The Balaban J connectivity index is 1.63. The predicted molar refractivity (Wildman–Crippen MR) is 191 cm³/mol. The summed E-state index contributed by atoms with van der Waals surface area (Å²) in [6.07, 6.45) is 1.38. The maximum atomic E-state index is 15.2. The van der Waals surface area contributed by atoms with Crippen LogP contribution in [-0.2, 0) is 25.8 Å². The summed E-state index contributed by atoms with van der Waals surface area (Å²) in [5, 5.41) is 9.86. The summed E-state index contributed by atoms with van der Waals surface area (Å²) in [7, 11) is -2.39. The second-order valence-corrected chi connectivity index (χ2v) is 18.4. The smallest absolute Gasteiger partial charge is 0.339 e. The molecule has 0 radical (unpaired) electrons. The van der Waals surface area contributed by atoms with Gasteiger partial charge in [0.15, 0.2) is 9.84 Å². The van der Waals surface area contributed by atoms with E-state index in [1.807, 2.05) is 6.07 Å². The standard InChI is InChI=1S/C38H42Cl2FNO7S/c1-37(2,3)50(47,48)21-32(23-10-11-23)42-34(25-12-14-30(40)31(41)18-25)29(24-7-6-8-26(39)17-24)20-38(4,36(42)46)19-27(43)15-22-9-13-28(35(44)45)33(16-22)49-5/h6-9,12-14,16-18,23,29,32,34H,10-11,15,19-21H2,1-5H3,(H,44,45)/t29-,32?,34-,38+/m1/s1. The minimum Gasteiger partial charge on any atom is -0.496 e. The van der Waals surface area contributed by atoms with Gasteiger partial charge in [-0.2, -0.15) is 0 Å². The highest BCUT2D eigenvalue weighted by Gasteiger charge is 2.55. The third-order valence-corrected chi connectivity index (χ3v) is 13.2. The van der Waals surface area contributed by atoms with Gasteiger partial charge in [0, 0.05) is 29.8 Å². The average molecular weight is 747 g/mol. The highest BCUT2D eigenvalue weighted by atomic mass is 35.5. The second kappa shape index (κ2) is 14.3. The van der Waals surface area contributed by atoms with Crippen LogP contribution in [-0.4, -0.2) is 59.7 Å². The number of halogens is 3. The van der Waals surface area contributed by atoms with Crippen LogP contribution in [0.5, 0.6) is 5.75 Å². The summed E-state index contributed by atoms with van der Waals surface area (Å²) in [6, 6.07) is 14.5. The van der Waals surface area contributed by atoms with E-state index in [-0.39, 0.29) is 59.0 Å². The third kappa shape index (κ3) is 7.87. The van der Waals surface area contributed by atoms with Gasteiger partial charge in [0.1, 0.15) is 22.9 Å². The fourth-order valence-corrected chi connectivity index (χ4v) is 8.79. The van der Waals surface area contributed by atoms with Gasteiger partial charge < -0.3 is 14.7 Å². The highest BCUT2D eigenvalue weighted by molar-refractivity contribution is 7.92. The topological polar surface area (TPSA) is 118 Å². The number of carboxylic acid groups (broad SMARTS) is 1. The SMILES string of the molecule is COc1cc(CC(=O)C[C@@]2(C)C[C@H](c3cccc(Cl)c3)[C@@H](c3ccc(Cl)c(F)c3)N(C(CS(=O)(=O)C(C)(C)C)C3CC3)C2=O)ccc1C(=O)O. The molecule has 1 N–H and O–H groups in total. The molecule has 12 heteroatoms. The van der Waals surface area contributed by atoms with Gasteiger partial charge in [-0.3, -0.25) is 9.59 Å². The second-order valence-electron chi connectivity index (χ2n) is 14.8. The van der Waals surface area contributed by atoms with Crippen LogP contribution in [0.3, 0.4) is 0 Å². The first-order chi connectivity index (χ1) is 23.3. The van der Waals surface area contributed by atoms with E-state index < -0.39 is 49.8 Å². The average Bonchev–Trinajstić information content (AvgIpc) is 3.87. The Morgan fingerprint density at radius 3 is 2.34 bits per heavy atom. The van der Waals surface area contributed by atoms with E-state index in [0.717, 1.165) is 18.4 Å². The van der Waals surface area contributed by atoms with Crippen LogP contribution in [0.1, 0.15) is 92.4 Å². The maximum absolute atomic E-state index is 15.2. The number of amides is 1. The van der Waals surface area contributed by atoms with E-state index in [1.54, 1.807) is 62.9 Å². The number of hydrogen-bond donors (Lipinski definition) is 1. The summed E-state index contributed by atoms with van der Waals surface area (Å²) in [5.41, 5.74) is 0.418. The molecule has 4 atom stereocenters. The van der Waals surface area contributed by atoms with E-state index in [1.165, 1.54) is 31.4 Å². The van der Waals surface area contributed by atoms with Crippen LogP contribution in [0, 0.1) is 17.2 Å². The summed E-state index contributed by atoms with van der Waals surface area (Å²) >= 11 is 12.6. The van der Waals surface area contributed by atoms with Gasteiger partial charge in [-0.05, 0) is 99.0 Å². The molecule has 1 heterocycles. The number of nitrogens with zero attached hydrogens (tertiary/aromatic N) is 1. The summed E-state index contributed by atoms with van der Waals surface area (Å²) in [6.45, 7) is 6.62. The summed E-state index contributed by atoms with van der Waals surface area (Å²) in [5.74, 6) is -3.27. The number of ketones is 1. The van der Waals surface area contributed by atoms with Crippen molar-refractivity contribution in [3.05, 3.63) is 98.8 Å². The first kappa shape index (κ1) is 37.8. The molecular formula is C38H42Cl2FNO7S. The predicted octanol–water partition coefficient (Wildman–Crippen LogP) is 8.10. The molecule has 0 spiro atoms. The van der Waals surface area contributed by atoms with Crippen molar-refractivity contribution in [1.82, 2.24) is 4.90 Å². The fourth-order valence-electron chi connectivity index (χ4n) is 7.09. The molecule has 8 nitrogen and oxygen atoms in total. The Hall–Kier alpha value is -3.47. The van der Waals surface area contributed by atoms with Crippen molar-refractivity contribution in [3.63, 3.8) is 0 Å². The number of methoxy groups -OCH3 is 1. The first-order valence-electron chi connectivity index (χ1n) is 16.5. The zero-order valence-electron chi connectivity index (χ0n) is 28.7. The van der Waals surface area contributed by atoms with E-state index in [2.05, 4.69) is 0 Å². The van der Waals surface area contributed by atoms with Crippen molar-refractivity contribution in [2.24, 2.45) is 11.3 Å². The van der Waals surface area contributed by atoms with Crippen LogP contribution < -0.4 is 4.74 Å². The molecule has 1 saturated carbocycles. The van der Waals surface area contributed by atoms with E-state index in [9.17, 15) is 23.1 Å². The van der Waals surface area contributed by atoms with Gasteiger partial charge in [0.25, 0.3) is 0 Å². The number of aromatic carboxylic acids is 1. The monoisotopic (exact) mass is 745 g/mol. The van der Waals surface area contributed by atoms with Crippen molar-refractivity contribution in [1.29, 1.82) is 0 Å². The lowest BCUT2D eigenvalue weighted by Gasteiger charge is -2.52. The lowest BCUT2D eigenvalue weighted by atomic mass is 9.66. The van der Waals surface area contributed by atoms with Gasteiger partial charge in [-0.1, -0.05) is 54.4 Å². The molecule has 1 saturated heterocycles. The number of piperidine rings is 1. The largest absolute Gasteiger partial charge is 0.496 e. The van der Waals surface area contributed by atoms with Crippen LogP contribution in [0.4, 0.5) is 4.39 Å². The number of benzene rings is 3. The molecule has 268 valence electrons. The van der Waals surface area contributed by atoms with E-state index >= 15 is 9.18 Å². The van der Waals surface area contributed by atoms with Gasteiger partial charge >= 0.3 is 5.97 Å². The lowest BCUT2D eigenvalue weighted by molar-refractivity contribution is -0.157. The Morgan fingerprint density at radius 2 is 1.76 bits per heavy atom. The van der Waals surface area contributed by atoms with Crippen LogP contribution >= 0.6 is 23.2 Å². The minimum atomic E-state index is -3.73. The quantitative estimate of drug-likeness (QED) is 0.199. The fraction of sp³-hybridized carbons (Fsp3) is 0.447. The van der Waals surface area contributed by atoms with Gasteiger partial charge in [-0.15, -0.1) is 0 Å². The third-order valence-electron chi connectivity index (χ3n) is 10.00. The Bertz CT molecular complexity index is 1920. The molecule has 50 heavy (non-hydrogen) atoms. The van der Waals surface area contributed by atoms with E-state index in [4.69, 9.17) is 27.9 Å². The zero-order valence-corrected chi connectivity index (χ0v) is 31.0. The number of rotatable bonds is 12. The molecule has 3 aromatic rings. The van der Waals surface area contributed by atoms with Crippen molar-refractivity contribution < 1.29 is 37.0 Å². The number of ether oxygens (including phenoxy) is 1. The number of carboxylic acids is 1. The molecule has 3 aromatic carbocycles. The number of carbonyl (C=O) groups is 3. The highest BCUT2D eigenvalue weighted by Crippen LogP contribution is 2.54. The first-order valence-corrected chi connectivity index (χ1v) is 18.9. The van der Waals surface area contributed by atoms with Crippen LogP contribution in [0.15, 0.2) is 60.7 Å². The number of likely N-dealkylation sites (tertiary alicyclic amines) is 1. The Morgan fingerprint density at radius 1 is 1.06 bits per heavy atom. The molecule has 1 aliphatic carbocycles. The van der Waals surface area contributed by atoms with Gasteiger partial charge in [0.2, 0.25) is 5.91 Å². The minimum absolute atomic E-state index is 0.0425. The molecule has 2 aliphatic rings. The van der Waals surface area contributed by atoms with Gasteiger partial charge in [-0.25, -0.2) is 17.6 Å². The molecule has 2 fully saturated rings. The van der Waals surface area contributed by atoms with Crippen molar-refractivity contribution in [2.45, 2.75) is 82.5 Å². The Labute approximate surface area is 302 Å². The zero-order chi connectivity index (χ0) is 36.8. The van der Waals surface area contributed by atoms with Gasteiger partial charge in [0.05, 0.1) is 34.1 Å². The summed E-state index contributed by atoms with van der Waals surface area (Å²) < 4.78 is 46.9. The normalized spacial score (nSPS) is 21.9. The number of Topliss-reactive ketones (excluding diaryl/α,β-unsaturated/α-hetero) is 1. The van der Waals surface area contributed by atoms with Crippen LogP contribution in [0.2, 0.25) is 10.0 Å². The van der Waals surface area contributed by atoms with Crippen molar-refractivity contribution >= 4 is 50.7 Å². The number of carbonyl (C=O) groups excluding carboxylic acids is 2. The molecule has 1 unspecified atom stereocenters. The molecular weight excluding hydrogens is 704 g/mol. The Kier molecular flexibility index (Phi) is 10.8. The molecule has 1 amide bonds. The molecule has 1 aliphatic heterocycles. The van der Waals surface area contributed by atoms with Crippen LogP contribution in [0.25, 0.3) is 0 Å². The number of sulfone groups is 1. The number of hydrogen-bond acceptors (Lipinski definition) is 6. The molecule has 5 rings (SSSR count). The molecule has 0 aromatic heterocycles. The summed E-state index contributed by atoms with van der Waals surface area (Å²) in [4.78, 5) is 42.2. The maximum Gasteiger partial charge on any atom is 0.339 e.